The van der Waals surface area contributed by atoms with Crippen molar-refractivity contribution in [3.05, 3.63) is 41.7 Å². The van der Waals surface area contributed by atoms with Crippen LogP contribution in [0.25, 0.3) is 0 Å². The SMILES string of the molecule is O=C1CCC(c2ccccc2)(c2nsc(N3CCN(S(=O)(=O)C(F)(F)C(F)(F)C(F)(F)C(F)(F)C(F)(F)C(F)(F)C(F)(F)C(F)(F)F)CC3)n2)CC1. The molecule has 0 atom stereocenters. The van der Waals surface area contributed by atoms with E-state index in [0.717, 1.165) is 4.90 Å². The summed E-state index contributed by atoms with van der Waals surface area (Å²) in [6, 6.07) is 8.58. The van der Waals surface area contributed by atoms with Gasteiger partial charge < -0.3 is 4.90 Å². The molecule has 1 saturated carbocycles. The largest absolute Gasteiger partial charge is 0.460 e. The summed E-state index contributed by atoms with van der Waals surface area (Å²) in [7, 11) is -7.38. The number of sulfonamides is 1. The third kappa shape index (κ3) is 5.88. The minimum atomic E-state index is -8.89. The van der Waals surface area contributed by atoms with Crippen LogP contribution in [0.4, 0.5) is 79.8 Å². The van der Waals surface area contributed by atoms with Gasteiger partial charge >= 0.3 is 47.0 Å². The van der Waals surface area contributed by atoms with E-state index in [-0.39, 0.29) is 42.4 Å². The summed E-state index contributed by atoms with van der Waals surface area (Å²) in [6.07, 6.45) is -7.09. The lowest BCUT2D eigenvalue weighted by Gasteiger charge is -2.43. The fourth-order valence-corrected chi connectivity index (χ4v) is 7.72. The highest BCUT2D eigenvalue weighted by Gasteiger charge is 2.96. The van der Waals surface area contributed by atoms with Gasteiger partial charge in [0.1, 0.15) is 5.78 Å². The maximum atomic E-state index is 14.7. The molecule has 1 aromatic heterocycles. The van der Waals surface area contributed by atoms with Crippen LogP contribution in [-0.2, 0) is 20.2 Å². The summed E-state index contributed by atoms with van der Waals surface area (Å²) in [5, 5.41) is -7.63. The Balaban J connectivity index is 1.58. The number of rotatable bonds is 11. The highest BCUT2D eigenvalue weighted by molar-refractivity contribution is 7.90. The minimum absolute atomic E-state index is 0.0265. The van der Waals surface area contributed by atoms with E-state index in [2.05, 4.69) is 9.36 Å². The highest BCUT2D eigenvalue weighted by atomic mass is 32.2. The van der Waals surface area contributed by atoms with Gasteiger partial charge in [0.25, 0.3) is 10.0 Å². The van der Waals surface area contributed by atoms with Gasteiger partial charge in [0.05, 0.1) is 5.41 Å². The number of ketones is 1. The Morgan fingerprint density at radius 3 is 1.54 bits per heavy atom. The molecule has 0 amide bonds. The molecule has 294 valence electrons. The summed E-state index contributed by atoms with van der Waals surface area (Å²) in [4.78, 5) is 17.5. The first-order chi connectivity index (χ1) is 23.4. The Labute approximate surface area is 285 Å². The number of nitrogens with zero attached hydrogens (tertiary/aromatic N) is 4. The molecule has 0 spiro atoms. The third-order valence-corrected chi connectivity index (χ3v) is 11.4. The topological polar surface area (TPSA) is 83.5 Å². The second kappa shape index (κ2) is 12.8. The van der Waals surface area contributed by atoms with Crippen LogP contribution in [0.2, 0.25) is 0 Å². The van der Waals surface area contributed by atoms with Crippen LogP contribution in [0.1, 0.15) is 37.1 Å². The standard InChI is InChI=1S/C26H21F17N4O3S2/c27-19(28,21(31,32)23(35,36)25(39,40)41)20(29,30)22(33,34)24(37,38)26(42,43)52(49,50)47-12-10-46(11-13-47)17-44-16(45-51-17)18(8-6-15(48)7-9-18)14-4-2-1-3-5-14/h1-5H,6-13H2. The molecular weight excluding hydrogens is 803 g/mol. The van der Waals surface area contributed by atoms with Gasteiger partial charge in [-0.05, 0) is 18.4 Å². The summed E-state index contributed by atoms with van der Waals surface area (Å²) in [5.74, 6) is -51.8. The van der Waals surface area contributed by atoms with Crippen molar-refractivity contribution in [2.75, 3.05) is 31.1 Å². The first kappa shape index (κ1) is 41.7. The van der Waals surface area contributed by atoms with Gasteiger partial charge in [-0.2, -0.15) is 83.3 Å². The monoisotopic (exact) mass is 824 g/mol. The van der Waals surface area contributed by atoms with Crippen LogP contribution in [0.3, 0.4) is 0 Å². The number of carbonyl (C=O) groups is 1. The number of piperazine rings is 1. The van der Waals surface area contributed by atoms with Crippen LogP contribution >= 0.6 is 11.5 Å². The summed E-state index contributed by atoms with van der Waals surface area (Å²) in [5.41, 5.74) is -0.178. The molecule has 26 heteroatoms. The zero-order chi connectivity index (χ0) is 39.8. The summed E-state index contributed by atoms with van der Waals surface area (Å²) < 4.78 is 261. The van der Waals surface area contributed by atoms with Gasteiger partial charge in [-0.15, -0.1) is 0 Å². The van der Waals surface area contributed by atoms with Crippen molar-refractivity contribution in [1.82, 2.24) is 13.7 Å². The number of Topliss-reactive ketones (excluding diaryl/α,β-unsaturated/α-hetero) is 1. The maximum absolute atomic E-state index is 14.7. The molecule has 52 heavy (non-hydrogen) atoms. The fraction of sp³-hybridized carbons (Fsp3) is 0.654. The molecule has 2 heterocycles. The number of hydrogen-bond acceptors (Lipinski definition) is 7. The Morgan fingerprint density at radius 1 is 0.635 bits per heavy atom. The van der Waals surface area contributed by atoms with Gasteiger partial charge in [-0.3, -0.25) is 4.79 Å². The average molecular weight is 825 g/mol. The number of aromatic nitrogens is 2. The molecule has 0 radical (unpaired) electrons. The molecule has 2 aromatic rings. The summed E-state index contributed by atoms with van der Waals surface area (Å²) in [6.45, 7) is -4.21. The van der Waals surface area contributed by atoms with Crippen molar-refractivity contribution in [2.24, 2.45) is 0 Å². The minimum Gasteiger partial charge on any atom is -0.344 e. The van der Waals surface area contributed by atoms with Crippen molar-refractivity contribution in [3.63, 3.8) is 0 Å². The average Bonchev–Trinajstić information content (AvgIpc) is 3.55. The predicted molar refractivity (Wildman–Crippen MR) is 144 cm³/mol. The first-order valence-corrected chi connectivity index (χ1v) is 16.5. The lowest BCUT2D eigenvalue weighted by molar-refractivity contribution is -0.458. The van der Waals surface area contributed by atoms with Crippen LogP contribution in [0.15, 0.2) is 30.3 Å². The number of halogens is 17. The zero-order valence-electron chi connectivity index (χ0n) is 25.3. The van der Waals surface area contributed by atoms with Crippen molar-refractivity contribution < 1.29 is 87.8 Å². The lowest BCUT2D eigenvalue weighted by Crippen LogP contribution is -2.75. The number of alkyl halides is 17. The highest BCUT2D eigenvalue weighted by Crippen LogP contribution is 2.64. The molecule has 0 N–H and O–H groups in total. The fourth-order valence-electron chi connectivity index (χ4n) is 5.49. The number of carbonyl (C=O) groups excluding carboxylic acids is 1. The van der Waals surface area contributed by atoms with Crippen LogP contribution < -0.4 is 4.90 Å². The molecule has 1 saturated heterocycles. The van der Waals surface area contributed by atoms with Crippen LogP contribution in [0, 0.1) is 0 Å². The molecule has 0 bridgehead atoms. The van der Waals surface area contributed by atoms with E-state index in [1.54, 1.807) is 30.3 Å². The van der Waals surface area contributed by atoms with Gasteiger partial charge in [0.15, 0.2) is 5.82 Å². The molecule has 1 aromatic carbocycles. The van der Waals surface area contributed by atoms with E-state index in [9.17, 15) is 87.8 Å². The molecule has 4 rings (SSSR count). The van der Waals surface area contributed by atoms with Gasteiger partial charge in [0, 0.05) is 50.6 Å². The lowest BCUT2D eigenvalue weighted by atomic mass is 9.68. The van der Waals surface area contributed by atoms with E-state index in [1.165, 1.54) is 0 Å². The van der Waals surface area contributed by atoms with Crippen molar-refractivity contribution in [2.45, 2.75) is 78.1 Å². The predicted octanol–water partition coefficient (Wildman–Crippen LogP) is 7.39. The smallest absolute Gasteiger partial charge is 0.344 e. The normalized spacial score (nSPS) is 19.6. The van der Waals surface area contributed by atoms with E-state index >= 15 is 0 Å². The second-order valence-electron chi connectivity index (χ2n) is 11.7. The van der Waals surface area contributed by atoms with E-state index in [0.29, 0.717) is 17.1 Å². The van der Waals surface area contributed by atoms with Crippen molar-refractivity contribution in [3.8, 4) is 0 Å². The Bertz CT molecular complexity index is 1730. The third-order valence-electron chi connectivity index (χ3n) is 8.70. The Hall–Kier alpha value is -3.03. The molecule has 2 aliphatic rings. The van der Waals surface area contributed by atoms with Gasteiger partial charge in [-0.25, -0.2) is 13.4 Å². The van der Waals surface area contributed by atoms with Crippen LogP contribution in [-0.4, -0.2) is 101 Å². The van der Waals surface area contributed by atoms with E-state index in [4.69, 9.17) is 0 Å². The van der Waals surface area contributed by atoms with E-state index in [1.807, 2.05) is 0 Å². The summed E-state index contributed by atoms with van der Waals surface area (Å²) >= 11 is 0.681. The van der Waals surface area contributed by atoms with E-state index < -0.39 is 92.9 Å². The number of benzene rings is 1. The molecular formula is C26H21F17N4O3S2. The van der Waals surface area contributed by atoms with Gasteiger partial charge in [-0.1, -0.05) is 30.3 Å². The second-order valence-corrected chi connectivity index (χ2v) is 14.4. The van der Waals surface area contributed by atoms with Crippen molar-refractivity contribution >= 4 is 32.5 Å². The maximum Gasteiger partial charge on any atom is 0.460 e. The molecule has 2 fully saturated rings. The Morgan fingerprint density at radius 2 is 1.08 bits per heavy atom. The molecule has 1 aliphatic heterocycles. The number of anilines is 1. The molecule has 1 aliphatic carbocycles. The molecule has 7 nitrogen and oxygen atoms in total. The number of hydrogen-bond donors (Lipinski definition) is 0. The molecule has 0 unspecified atom stereocenters. The zero-order valence-corrected chi connectivity index (χ0v) is 26.9. The Kier molecular flexibility index (Phi) is 10.3. The van der Waals surface area contributed by atoms with Gasteiger partial charge in [0.2, 0.25) is 5.13 Å². The van der Waals surface area contributed by atoms with Crippen LogP contribution in [0.5, 0.6) is 0 Å². The van der Waals surface area contributed by atoms with Crippen molar-refractivity contribution in [1.29, 1.82) is 0 Å². The first-order valence-electron chi connectivity index (χ1n) is 14.3. The quantitative estimate of drug-likeness (QED) is 0.220.